The number of alkyl halides is 3. The van der Waals surface area contributed by atoms with Gasteiger partial charge in [0.25, 0.3) is 0 Å². The Morgan fingerprint density at radius 2 is 1.78 bits per heavy atom. The maximum absolute atomic E-state index is 13.4. The highest BCUT2D eigenvalue weighted by atomic mass is 19.4. The standard InChI is InChI=1S/C14H22F4/c1-5-7-8-13(14(16,17)18)12(11(4)15)9-10(3)6-2/h8,10H,5-7,9H2,1-4H3/b12-11+,13-8+. The van der Waals surface area contributed by atoms with Crippen LogP contribution in [0, 0.1) is 5.92 Å². The van der Waals surface area contributed by atoms with E-state index in [1.807, 2.05) is 13.8 Å². The van der Waals surface area contributed by atoms with Crippen LogP contribution in [0.5, 0.6) is 0 Å². The third kappa shape index (κ3) is 5.69. The predicted molar refractivity (Wildman–Crippen MR) is 66.9 cm³/mol. The predicted octanol–water partition coefficient (Wildman–Crippen LogP) is 5.95. The summed E-state index contributed by atoms with van der Waals surface area (Å²) in [6, 6.07) is 0. The molecule has 0 spiro atoms. The molecular weight excluding hydrogens is 244 g/mol. The maximum atomic E-state index is 13.4. The van der Waals surface area contributed by atoms with Crippen LogP contribution in [0.15, 0.2) is 23.0 Å². The highest BCUT2D eigenvalue weighted by Crippen LogP contribution is 2.37. The topological polar surface area (TPSA) is 0 Å². The van der Waals surface area contributed by atoms with E-state index >= 15 is 0 Å². The molecule has 0 heterocycles. The van der Waals surface area contributed by atoms with Gasteiger partial charge in [0.2, 0.25) is 0 Å². The van der Waals surface area contributed by atoms with Crippen molar-refractivity contribution in [3.05, 3.63) is 23.0 Å². The van der Waals surface area contributed by atoms with Crippen LogP contribution in [0.3, 0.4) is 0 Å². The van der Waals surface area contributed by atoms with Gasteiger partial charge in [-0.15, -0.1) is 0 Å². The first-order valence-corrected chi connectivity index (χ1v) is 6.36. The minimum absolute atomic E-state index is 0.0399. The Kier molecular flexibility index (Phi) is 7.26. The Bertz CT molecular complexity index is 306. The van der Waals surface area contributed by atoms with E-state index < -0.39 is 17.6 Å². The van der Waals surface area contributed by atoms with Gasteiger partial charge >= 0.3 is 6.18 Å². The smallest absolute Gasteiger partial charge is 0.212 e. The molecule has 0 saturated carbocycles. The lowest BCUT2D eigenvalue weighted by Gasteiger charge is -2.18. The van der Waals surface area contributed by atoms with E-state index in [0.29, 0.717) is 12.8 Å². The van der Waals surface area contributed by atoms with Crippen molar-refractivity contribution in [3.63, 3.8) is 0 Å². The molecule has 0 radical (unpaired) electrons. The molecule has 0 rings (SSSR count). The Hall–Kier alpha value is -0.800. The summed E-state index contributed by atoms with van der Waals surface area (Å²) in [5, 5.41) is 0. The summed E-state index contributed by atoms with van der Waals surface area (Å²) in [6.07, 6.45) is -1.58. The molecule has 0 bridgehead atoms. The van der Waals surface area contributed by atoms with Crippen LogP contribution in [-0.4, -0.2) is 6.18 Å². The third-order valence-corrected chi connectivity index (χ3v) is 2.93. The summed E-state index contributed by atoms with van der Waals surface area (Å²) in [5.41, 5.74) is -0.991. The Morgan fingerprint density at radius 1 is 1.22 bits per heavy atom. The van der Waals surface area contributed by atoms with Gasteiger partial charge in [-0.3, -0.25) is 0 Å². The van der Waals surface area contributed by atoms with E-state index in [0.717, 1.165) is 19.4 Å². The lowest BCUT2D eigenvalue weighted by atomic mass is 9.92. The fourth-order valence-electron chi connectivity index (χ4n) is 1.63. The molecule has 0 nitrogen and oxygen atoms in total. The molecule has 18 heavy (non-hydrogen) atoms. The summed E-state index contributed by atoms with van der Waals surface area (Å²) in [7, 11) is 0. The lowest BCUT2D eigenvalue weighted by Crippen LogP contribution is -2.16. The van der Waals surface area contributed by atoms with Crippen molar-refractivity contribution in [2.75, 3.05) is 0 Å². The fourth-order valence-corrected chi connectivity index (χ4v) is 1.63. The third-order valence-electron chi connectivity index (χ3n) is 2.93. The van der Waals surface area contributed by atoms with Gasteiger partial charge < -0.3 is 0 Å². The van der Waals surface area contributed by atoms with Gasteiger partial charge in [-0.2, -0.15) is 13.2 Å². The van der Waals surface area contributed by atoms with Gasteiger partial charge in [0, 0.05) is 0 Å². The average Bonchev–Trinajstić information content (AvgIpc) is 2.25. The molecule has 0 fully saturated rings. The molecule has 4 heteroatoms. The van der Waals surface area contributed by atoms with Crippen LogP contribution in [0.2, 0.25) is 0 Å². The van der Waals surface area contributed by atoms with E-state index in [2.05, 4.69) is 0 Å². The quantitative estimate of drug-likeness (QED) is 0.411. The van der Waals surface area contributed by atoms with Crippen molar-refractivity contribution in [2.45, 2.75) is 59.6 Å². The molecule has 0 aliphatic carbocycles. The van der Waals surface area contributed by atoms with Crippen molar-refractivity contribution in [1.82, 2.24) is 0 Å². The van der Waals surface area contributed by atoms with E-state index in [1.165, 1.54) is 0 Å². The SMILES string of the molecule is CCC/C=C(\C(CC(C)CC)=C(/C)F)C(F)(F)F. The largest absolute Gasteiger partial charge is 0.416 e. The molecule has 0 aromatic carbocycles. The van der Waals surface area contributed by atoms with Gasteiger partial charge in [-0.1, -0.05) is 39.7 Å². The van der Waals surface area contributed by atoms with E-state index in [4.69, 9.17) is 0 Å². The van der Waals surface area contributed by atoms with Crippen LogP contribution >= 0.6 is 0 Å². The zero-order valence-electron chi connectivity index (χ0n) is 11.5. The molecule has 0 aliphatic rings. The van der Waals surface area contributed by atoms with Crippen LogP contribution < -0.4 is 0 Å². The van der Waals surface area contributed by atoms with Gasteiger partial charge in [-0.05, 0) is 31.3 Å². The molecule has 106 valence electrons. The molecule has 0 aromatic rings. The van der Waals surface area contributed by atoms with Crippen molar-refractivity contribution in [3.8, 4) is 0 Å². The second-order valence-electron chi connectivity index (χ2n) is 4.63. The molecule has 0 aromatic heterocycles. The minimum Gasteiger partial charge on any atom is -0.212 e. The van der Waals surface area contributed by atoms with Crippen molar-refractivity contribution >= 4 is 0 Å². The van der Waals surface area contributed by atoms with Crippen molar-refractivity contribution in [2.24, 2.45) is 5.92 Å². The number of rotatable bonds is 6. The maximum Gasteiger partial charge on any atom is 0.416 e. The van der Waals surface area contributed by atoms with Gasteiger partial charge in [-0.25, -0.2) is 4.39 Å². The summed E-state index contributed by atoms with van der Waals surface area (Å²) >= 11 is 0. The summed E-state index contributed by atoms with van der Waals surface area (Å²) in [4.78, 5) is 0. The van der Waals surface area contributed by atoms with E-state index in [1.54, 1.807) is 6.92 Å². The first-order valence-electron chi connectivity index (χ1n) is 6.36. The van der Waals surface area contributed by atoms with Gasteiger partial charge in [0.1, 0.15) is 5.83 Å². The number of halogens is 4. The summed E-state index contributed by atoms with van der Waals surface area (Å²) in [6.45, 7) is 6.61. The zero-order chi connectivity index (χ0) is 14.3. The summed E-state index contributed by atoms with van der Waals surface area (Å²) < 4.78 is 52.2. The van der Waals surface area contributed by atoms with Gasteiger partial charge in [0.05, 0.1) is 5.57 Å². The normalized spacial score (nSPS) is 16.6. The molecular formula is C14H22F4. The molecule has 0 saturated heterocycles. The number of allylic oxidation sites excluding steroid dienone is 4. The molecule has 1 unspecified atom stereocenters. The first-order chi connectivity index (χ1) is 8.23. The van der Waals surface area contributed by atoms with E-state index in [-0.39, 0.29) is 17.9 Å². The van der Waals surface area contributed by atoms with Crippen LogP contribution in [0.25, 0.3) is 0 Å². The van der Waals surface area contributed by atoms with Crippen molar-refractivity contribution < 1.29 is 17.6 Å². The lowest BCUT2D eigenvalue weighted by molar-refractivity contribution is -0.0902. The van der Waals surface area contributed by atoms with E-state index in [9.17, 15) is 17.6 Å². The van der Waals surface area contributed by atoms with Crippen LogP contribution in [-0.2, 0) is 0 Å². The second kappa shape index (κ2) is 7.59. The zero-order valence-corrected chi connectivity index (χ0v) is 11.5. The highest BCUT2D eigenvalue weighted by Gasteiger charge is 2.36. The molecule has 0 aliphatic heterocycles. The van der Waals surface area contributed by atoms with Crippen LogP contribution in [0.4, 0.5) is 17.6 Å². The molecule has 1 atom stereocenters. The molecule has 0 amide bonds. The second-order valence-corrected chi connectivity index (χ2v) is 4.63. The van der Waals surface area contributed by atoms with Gasteiger partial charge in [0.15, 0.2) is 0 Å². The first kappa shape index (κ1) is 17.2. The number of hydrogen-bond donors (Lipinski definition) is 0. The number of unbranched alkanes of at least 4 members (excludes halogenated alkanes) is 1. The summed E-state index contributed by atoms with van der Waals surface area (Å²) in [5.74, 6) is -0.687. The number of hydrogen-bond acceptors (Lipinski definition) is 0. The van der Waals surface area contributed by atoms with Crippen LogP contribution in [0.1, 0.15) is 53.4 Å². The Labute approximate surface area is 107 Å². The highest BCUT2D eigenvalue weighted by molar-refractivity contribution is 5.36. The Morgan fingerprint density at radius 3 is 2.11 bits per heavy atom. The monoisotopic (exact) mass is 266 g/mol. The Balaban J connectivity index is 5.34. The fraction of sp³-hybridized carbons (Fsp3) is 0.714. The average molecular weight is 266 g/mol. The molecule has 0 N–H and O–H groups in total. The minimum atomic E-state index is -4.48. The van der Waals surface area contributed by atoms with Crippen molar-refractivity contribution in [1.29, 1.82) is 0 Å².